The highest BCUT2D eigenvalue weighted by atomic mass is 35.5. The van der Waals surface area contributed by atoms with E-state index in [1.165, 1.54) is 11.3 Å². The lowest BCUT2D eigenvalue weighted by molar-refractivity contribution is 0.507. The van der Waals surface area contributed by atoms with Crippen molar-refractivity contribution in [1.29, 1.82) is 0 Å². The molecule has 1 unspecified atom stereocenters. The van der Waals surface area contributed by atoms with Gasteiger partial charge in [-0.15, -0.1) is 21.5 Å². The third kappa shape index (κ3) is 2.76. The first-order valence-corrected chi connectivity index (χ1v) is 11.1. The van der Waals surface area contributed by atoms with Crippen LogP contribution in [0.15, 0.2) is 35.7 Å². The van der Waals surface area contributed by atoms with E-state index in [9.17, 15) is 8.42 Å². The molecule has 0 saturated heterocycles. The molecule has 0 bridgehead atoms. The van der Waals surface area contributed by atoms with Gasteiger partial charge < -0.3 is 5.73 Å². The molecule has 2 N–H and O–H groups in total. The molecule has 0 spiro atoms. The van der Waals surface area contributed by atoms with Crippen LogP contribution in [0.5, 0.6) is 0 Å². The first kappa shape index (κ1) is 18.4. The summed E-state index contributed by atoms with van der Waals surface area (Å²) < 4.78 is 26.2. The van der Waals surface area contributed by atoms with E-state index in [0.29, 0.717) is 9.90 Å². The van der Waals surface area contributed by atoms with Gasteiger partial charge in [-0.3, -0.25) is 9.39 Å². The molecule has 0 aromatic carbocycles. The second-order valence-corrected chi connectivity index (χ2v) is 11.3. The Hall–Kier alpha value is -1.97. The van der Waals surface area contributed by atoms with Crippen LogP contribution in [0.2, 0.25) is 5.02 Å². The Kier molecular flexibility index (Phi) is 3.93. The fourth-order valence-electron chi connectivity index (χ4n) is 3.11. The highest BCUT2D eigenvalue weighted by molar-refractivity contribution is 7.93. The van der Waals surface area contributed by atoms with Gasteiger partial charge in [0.2, 0.25) is 0 Å². The monoisotopic (exact) mass is 423 g/mol. The summed E-state index contributed by atoms with van der Waals surface area (Å²) in [4.78, 5) is 6.15. The predicted molar refractivity (Wildman–Crippen MR) is 108 cm³/mol. The van der Waals surface area contributed by atoms with Crippen molar-refractivity contribution in [2.75, 3.05) is 5.75 Å². The van der Waals surface area contributed by atoms with Crippen molar-refractivity contribution in [1.82, 2.24) is 14.6 Å². The number of rotatable bonds is 2. The van der Waals surface area contributed by atoms with Crippen molar-refractivity contribution in [3.8, 4) is 10.4 Å². The van der Waals surface area contributed by atoms with Crippen LogP contribution in [0.3, 0.4) is 0 Å². The molecule has 1 aliphatic heterocycles. The minimum Gasteiger partial charge on any atom is -0.386 e. The van der Waals surface area contributed by atoms with Crippen LogP contribution in [0.4, 0.5) is 0 Å². The van der Waals surface area contributed by atoms with Crippen LogP contribution in [0, 0.1) is 0 Å². The van der Waals surface area contributed by atoms with E-state index in [2.05, 4.69) is 15.2 Å². The predicted octanol–water partition coefficient (Wildman–Crippen LogP) is 2.89. The number of aromatic nitrogens is 3. The summed E-state index contributed by atoms with van der Waals surface area (Å²) >= 11 is 7.92. The Bertz CT molecular complexity index is 1200. The maximum absolute atomic E-state index is 12.8. The molecule has 142 valence electrons. The Balaban J connectivity index is 1.83. The van der Waals surface area contributed by atoms with Crippen molar-refractivity contribution >= 4 is 44.3 Å². The maximum Gasteiger partial charge on any atom is 0.165 e. The third-order valence-corrected chi connectivity index (χ3v) is 9.54. The van der Waals surface area contributed by atoms with Crippen LogP contribution in [0.25, 0.3) is 16.1 Å². The molecule has 1 atom stereocenters. The van der Waals surface area contributed by atoms with E-state index in [0.717, 1.165) is 16.1 Å². The largest absolute Gasteiger partial charge is 0.386 e. The van der Waals surface area contributed by atoms with Gasteiger partial charge in [-0.05, 0) is 39.0 Å². The summed E-state index contributed by atoms with van der Waals surface area (Å²) in [6.45, 7) is 4.92. The lowest BCUT2D eigenvalue weighted by Crippen LogP contribution is -2.54. The number of hydrogen-bond donors (Lipinski definition) is 1. The van der Waals surface area contributed by atoms with Crippen molar-refractivity contribution in [2.24, 2.45) is 10.7 Å². The molecule has 3 aromatic heterocycles. The molecule has 0 radical (unpaired) electrons. The summed E-state index contributed by atoms with van der Waals surface area (Å²) in [5.41, 5.74) is 6.69. The summed E-state index contributed by atoms with van der Waals surface area (Å²) in [5, 5.41) is 8.34. The summed E-state index contributed by atoms with van der Waals surface area (Å²) in [6, 6.07) is 5.62. The van der Waals surface area contributed by atoms with Gasteiger partial charge in [0.1, 0.15) is 22.4 Å². The zero-order chi connectivity index (χ0) is 19.6. The SMILES string of the molecule is CC1(c2sc(-c3ccc4nncn4c3)cc2Cl)CS(=O)(=O)C(C)(C)C(N)=N1. The average molecular weight is 424 g/mol. The Morgan fingerprint density at radius 3 is 2.74 bits per heavy atom. The van der Waals surface area contributed by atoms with Gasteiger partial charge in [0.05, 0.1) is 15.7 Å². The number of halogens is 1. The standard InChI is InChI=1S/C17H18ClN5O2S2/c1-16(2)15(19)21-17(3,8-27(16,24)25)14-11(18)6-12(26-14)10-4-5-13-22-20-9-23(13)7-10/h4-7,9H,8H2,1-3H3,(H2,19,21). The Morgan fingerprint density at radius 2 is 2.04 bits per heavy atom. The topological polar surface area (TPSA) is 103 Å². The van der Waals surface area contributed by atoms with Gasteiger partial charge in [-0.2, -0.15) is 0 Å². The molecule has 4 heterocycles. The molecule has 1 aliphatic rings. The minimum absolute atomic E-state index is 0.105. The lowest BCUT2D eigenvalue weighted by Gasteiger charge is -2.37. The Morgan fingerprint density at radius 1 is 1.30 bits per heavy atom. The van der Waals surface area contributed by atoms with Gasteiger partial charge in [0, 0.05) is 16.6 Å². The summed E-state index contributed by atoms with van der Waals surface area (Å²) in [7, 11) is -3.49. The Labute approximate surface area is 165 Å². The number of thiophene rings is 1. The van der Waals surface area contributed by atoms with E-state index >= 15 is 0 Å². The van der Waals surface area contributed by atoms with Crippen molar-refractivity contribution in [3.63, 3.8) is 0 Å². The number of fused-ring (bicyclic) bond motifs is 1. The summed E-state index contributed by atoms with van der Waals surface area (Å²) in [5.74, 6) is -0.0362. The zero-order valence-electron chi connectivity index (χ0n) is 15.0. The van der Waals surface area contributed by atoms with Crippen LogP contribution >= 0.6 is 22.9 Å². The first-order chi connectivity index (χ1) is 12.5. The van der Waals surface area contributed by atoms with E-state index in [4.69, 9.17) is 17.3 Å². The van der Waals surface area contributed by atoms with Crippen LogP contribution in [-0.4, -0.2) is 39.4 Å². The number of pyridine rings is 1. The minimum atomic E-state index is -3.49. The normalized spacial score (nSPS) is 24.1. The number of amidine groups is 1. The number of nitrogens with zero attached hydrogens (tertiary/aromatic N) is 4. The highest BCUT2D eigenvalue weighted by Gasteiger charge is 2.49. The van der Waals surface area contributed by atoms with Gasteiger partial charge in [0.25, 0.3) is 0 Å². The molecule has 4 rings (SSSR count). The third-order valence-electron chi connectivity index (χ3n) is 4.98. The average Bonchev–Trinajstić information content (AvgIpc) is 3.18. The number of hydrogen-bond acceptors (Lipinski definition) is 7. The fourth-order valence-corrected chi connectivity index (χ4v) is 6.50. The molecule has 3 aromatic rings. The van der Waals surface area contributed by atoms with Crippen LogP contribution in [-0.2, 0) is 15.4 Å². The second kappa shape index (κ2) is 5.76. The molecular weight excluding hydrogens is 406 g/mol. The van der Waals surface area contributed by atoms with Crippen molar-refractivity contribution in [3.05, 3.63) is 40.6 Å². The first-order valence-electron chi connectivity index (χ1n) is 8.21. The van der Waals surface area contributed by atoms with Gasteiger partial charge >= 0.3 is 0 Å². The molecule has 0 amide bonds. The number of aliphatic imine (C=N–C) groups is 1. The summed E-state index contributed by atoms with van der Waals surface area (Å²) in [6.07, 6.45) is 3.53. The highest BCUT2D eigenvalue weighted by Crippen LogP contribution is 2.45. The molecular formula is C17H18ClN5O2S2. The zero-order valence-corrected chi connectivity index (χ0v) is 17.4. The van der Waals surface area contributed by atoms with Gasteiger partial charge in [-0.1, -0.05) is 11.6 Å². The van der Waals surface area contributed by atoms with Gasteiger partial charge in [-0.25, -0.2) is 8.42 Å². The van der Waals surface area contributed by atoms with Crippen LogP contribution in [0.1, 0.15) is 25.6 Å². The van der Waals surface area contributed by atoms with E-state index < -0.39 is 20.1 Å². The fraction of sp³-hybridized carbons (Fsp3) is 0.353. The molecule has 0 fully saturated rings. The van der Waals surface area contributed by atoms with Gasteiger partial charge in [0.15, 0.2) is 15.5 Å². The molecule has 27 heavy (non-hydrogen) atoms. The molecule has 0 saturated carbocycles. The molecule has 0 aliphatic carbocycles. The maximum atomic E-state index is 12.8. The van der Waals surface area contributed by atoms with Crippen LogP contribution < -0.4 is 5.73 Å². The smallest absolute Gasteiger partial charge is 0.165 e. The van der Waals surface area contributed by atoms with Crippen molar-refractivity contribution < 1.29 is 8.42 Å². The van der Waals surface area contributed by atoms with E-state index in [-0.39, 0.29) is 11.6 Å². The molecule has 10 heteroatoms. The molecule has 7 nitrogen and oxygen atoms in total. The number of sulfone groups is 1. The lowest BCUT2D eigenvalue weighted by atomic mass is 10.0. The number of nitrogens with two attached hydrogens (primary N) is 1. The van der Waals surface area contributed by atoms with E-state index in [1.54, 1.807) is 27.1 Å². The van der Waals surface area contributed by atoms with Crippen molar-refractivity contribution in [2.45, 2.75) is 31.1 Å². The quantitative estimate of drug-likeness (QED) is 0.682. The second-order valence-electron chi connectivity index (χ2n) is 7.34. The van der Waals surface area contributed by atoms with E-state index in [1.807, 2.05) is 28.8 Å².